The van der Waals surface area contributed by atoms with E-state index in [-0.39, 0.29) is 29.9 Å². The zero-order chi connectivity index (χ0) is 26.3. The zero-order valence-electron chi connectivity index (χ0n) is 21.4. The quantitative estimate of drug-likeness (QED) is 0.395. The molecule has 4 rings (SSSR count). The number of H-pyrrole nitrogens is 2. The first-order valence-corrected chi connectivity index (χ1v) is 12.2. The smallest absolute Gasteiger partial charge is 0.258 e. The second-order valence-corrected chi connectivity index (χ2v) is 10.7. The van der Waals surface area contributed by atoms with Crippen LogP contribution in [0, 0.1) is 0 Å². The fraction of sp³-hybridized carbons (Fsp3) is 0.500. The Kier molecular flexibility index (Phi) is 6.85. The monoisotopic (exact) mass is 496 g/mol. The molecule has 0 saturated carbocycles. The topological polar surface area (TPSA) is 143 Å². The van der Waals surface area contributed by atoms with Crippen LogP contribution in [0.3, 0.4) is 0 Å². The fourth-order valence-electron chi connectivity index (χ4n) is 5.19. The lowest BCUT2D eigenvalue weighted by Crippen LogP contribution is -2.62. The van der Waals surface area contributed by atoms with Crippen LogP contribution in [0.5, 0.6) is 11.5 Å². The van der Waals surface area contributed by atoms with Crippen molar-refractivity contribution in [2.24, 2.45) is 0 Å². The van der Waals surface area contributed by atoms with Crippen molar-refractivity contribution in [3.63, 3.8) is 0 Å². The van der Waals surface area contributed by atoms with E-state index in [1.807, 2.05) is 34.6 Å². The number of amides is 1. The lowest BCUT2D eigenvalue weighted by Gasteiger charge is -2.49. The highest BCUT2D eigenvalue weighted by molar-refractivity contribution is 5.82. The molecular weight excluding hydrogens is 462 g/mol. The summed E-state index contributed by atoms with van der Waals surface area (Å²) in [6.45, 7) is 9.37. The third-order valence-electron chi connectivity index (χ3n) is 6.69. The van der Waals surface area contributed by atoms with Crippen LogP contribution in [-0.4, -0.2) is 54.8 Å². The maximum absolute atomic E-state index is 12.5. The van der Waals surface area contributed by atoms with Gasteiger partial charge in [-0.25, -0.2) is 4.98 Å². The minimum Gasteiger partial charge on any atom is -0.505 e. The molecule has 1 amide bonds. The number of carbonyl (C=O) groups is 1. The molecule has 0 unspecified atom stereocenters. The number of aromatic amines is 2. The largest absolute Gasteiger partial charge is 0.505 e. The van der Waals surface area contributed by atoms with Gasteiger partial charge in [0.15, 0.2) is 18.0 Å². The normalized spacial score (nSPS) is 17.8. The molecule has 0 bridgehead atoms. The molecule has 0 spiro atoms. The number of nitrogens with one attached hydrogen (secondary N) is 3. The van der Waals surface area contributed by atoms with Gasteiger partial charge >= 0.3 is 0 Å². The van der Waals surface area contributed by atoms with Gasteiger partial charge in [-0.1, -0.05) is 13.3 Å². The lowest BCUT2D eigenvalue weighted by molar-refractivity contribution is -0.290. The number of aromatic nitrogens is 3. The number of carbonyl (C=O) groups excluding carboxylic acids is 1. The number of benzene rings is 1. The minimum atomic E-state index is -0.561. The van der Waals surface area contributed by atoms with Gasteiger partial charge in [0, 0.05) is 22.7 Å². The lowest BCUT2D eigenvalue weighted by atomic mass is 9.79. The van der Waals surface area contributed by atoms with Crippen molar-refractivity contribution in [1.82, 2.24) is 25.3 Å². The molecule has 193 valence electrons. The molecule has 10 heteroatoms. The molecule has 1 aliphatic heterocycles. The molecule has 3 aromatic rings. The Morgan fingerprint density at radius 2 is 1.81 bits per heavy atom. The molecular formula is C26H34N5O5. The number of hydrogen-bond donors (Lipinski definition) is 4. The van der Waals surface area contributed by atoms with E-state index in [2.05, 4.69) is 20.3 Å². The predicted molar refractivity (Wildman–Crippen MR) is 135 cm³/mol. The highest BCUT2D eigenvalue weighted by Gasteiger charge is 2.46. The Morgan fingerprint density at radius 3 is 2.42 bits per heavy atom. The van der Waals surface area contributed by atoms with Gasteiger partial charge in [0.25, 0.3) is 11.5 Å². The number of hydroxylamine groups is 2. The van der Waals surface area contributed by atoms with Gasteiger partial charge in [-0.2, -0.15) is 0 Å². The molecule has 4 N–H and O–H groups in total. The van der Waals surface area contributed by atoms with Crippen molar-refractivity contribution >= 4 is 17.1 Å². The van der Waals surface area contributed by atoms with Crippen LogP contribution in [0.15, 0.2) is 29.1 Å². The Bertz CT molecular complexity index is 1290. The van der Waals surface area contributed by atoms with Crippen molar-refractivity contribution in [2.45, 2.75) is 77.4 Å². The summed E-state index contributed by atoms with van der Waals surface area (Å²) < 4.78 is 5.66. The van der Waals surface area contributed by atoms with Crippen molar-refractivity contribution < 1.29 is 19.8 Å². The predicted octanol–water partition coefficient (Wildman–Crippen LogP) is 3.44. The number of fused-ring (bicyclic) bond motifs is 1. The molecule has 1 fully saturated rings. The first kappa shape index (κ1) is 25.7. The van der Waals surface area contributed by atoms with Crippen LogP contribution in [0.4, 0.5) is 0 Å². The molecule has 0 atom stereocenters. The zero-order valence-corrected chi connectivity index (χ0v) is 21.4. The minimum absolute atomic E-state index is 0.0759. The number of piperidine rings is 1. The van der Waals surface area contributed by atoms with Gasteiger partial charge in [0.2, 0.25) is 0 Å². The second-order valence-electron chi connectivity index (χ2n) is 10.7. The molecule has 0 aliphatic carbocycles. The van der Waals surface area contributed by atoms with Gasteiger partial charge in [0.05, 0.1) is 5.56 Å². The molecule has 10 nitrogen and oxygen atoms in total. The molecule has 1 radical (unpaired) electrons. The van der Waals surface area contributed by atoms with Gasteiger partial charge in [-0.15, -0.1) is 10.3 Å². The van der Waals surface area contributed by atoms with Gasteiger partial charge in [-0.05, 0) is 71.2 Å². The maximum atomic E-state index is 12.5. The van der Waals surface area contributed by atoms with Crippen LogP contribution < -0.4 is 15.6 Å². The fourth-order valence-corrected chi connectivity index (χ4v) is 5.19. The average Bonchev–Trinajstić information content (AvgIpc) is 3.23. The molecule has 1 aliphatic rings. The molecule has 1 aromatic carbocycles. The summed E-state index contributed by atoms with van der Waals surface area (Å²) in [4.78, 5) is 34.9. The number of ether oxygens (including phenoxy) is 1. The molecule has 2 aromatic heterocycles. The highest BCUT2D eigenvalue weighted by atomic mass is 16.5. The van der Waals surface area contributed by atoms with E-state index < -0.39 is 11.1 Å². The summed E-state index contributed by atoms with van der Waals surface area (Å²) in [6.07, 6.45) is 2.34. The Balaban J connectivity index is 1.39. The molecule has 3 heterocycles. The number of aromatic hydroxyl groups is 1. The van der Waals surface area contributed by atoms with Crippen LogP contribution in [0.25, 0.3) is 22.6 Å². The van der Waals surface area contributed by atoms with Crippen LogP contribution >= 0.6 is 0 Å². The number of hydrogen-bond acceptors (Lipinski definition) is 6. The summed E-state index contributed by atoms with van der Waals surface area (Å²) in [6, 6.07) is 6.91. The average molecular weight is 497 g/mol. The Hall–Kier alpha value is -3.37. The Labute approximate surface area is 209 Å². The van der Waals surface area contributed by atoms with Crippen molar-refractivity contribution in [3.8, 4) is 22.9 Å². The summed E-state index contributed by atoms with van der Waals surface area (Å²) in [5.74, 6) is 0.688. The van der Waals surface area contributed by atoms with Gasteiger partial charge in [0.1, 0.15) is 17.1 Å². The first-order chi connectivity index (χ1) is 16.9. The third-order valence-corrected chi connectivity index (χ3v) is 6.69. The van der Waals surface area contributed by atoms with E-state index in [4.69, 9.17) is 4.74 Å². The molecule has 36 heavy (non-hydrogen) atoms. The SMILES string of the molecule is CCCc1c(O)c2[nH]c(-c3ccc(OCC(=O)NC4CC(C)(C)N([O])C(C)(C)C4)cc3)nc2[nH]c1=O. The van der Waals surface area contributed by atoms with E-state index in [9.17, 15) is 19.9 Å². The standard InChI is InChI=1S/C26H34N5O5/c1-6-7-18-21(33)20-23(30-24(18)34)29-22(28-20)15-8-10-17(11-9-15)36-14-19(32)27-16-12-25(2,3)31(35)26(4,5)13-16/h8-11,16H,6-7,12-14H2,1-5H3,(H,27,32)(H3,28,29,30,33,34). The van der Waals surface area contributed by atoms with Gasteiger partial charge in [-0.3, -0.25) is 9.59 Å². The Morgan fingerprint density at radius 1 is 1.17 bits per heavy atom. The van der Waals surface area contributed by atoms with Crippen LogP contribution in [0.1, 0.15) is 59.4 Å². The van der Waals surface area contributed by atoms with Crippen LogP contribution in [-0.2, 0) is 16.4 Å². The molecule has 1 saturated heterocycles. The van der Waals surface area contributed by atoms with E-state index in [0.717, 1.165) is 17.0 Å². The number of pyridine rings is 1. The maximum Gasteiger partial charge on any atom is 0.258 e. The summed E-state index contributed by atoms with van der Waals surface area (Å²) in [7, 11) is 0. The van der Waals surface area contributed by atoms with Crippen molar-refractivity contribution in [3.05, 3.63) is 40.2 Å². The van der Waals surface area contributed by atoms with Crippen molar-refractivity contribution in [1.29, 1.82) is 0 Å². The van der Waals surface area contributed by atoms with Crippen LogP contribution in [0.2, 0.25) is 0 Å². The first-order valence-electron chi connectivity index (χ1n) is 12.2. The van der Waals surface area contributed by atoms with Crippen molar-refractivity contribution in [2.75, 3.05) is 6.61 Å². The third kappa shape index (κ3) is 5.10. The van der Waals surface area contributed by atoms with E-state index in [1.54, 1.807) is 24.3 Å². The summed E-state index contributed by atoms with van der Waals surface area (Å²) in [5.41, 5.74) is 0.287. The number of rotatable bonds is 7. The van der Waals surface area contributed by atoms with E-state index in [1.165, 1.54) is 0 Å². The second kappa shape index (κ2) is 9.59. The van der Waals surface area contributed by atoms with E-state index in [0.29, 0.717) is 47.6 Å². The van der Waals surface area contributed by atoms with E-state index >= 15 is 0 Å². The number of imidazole rings is 1. The summed E-state index contributed by atoms with van der Waals surface area (Å²) >= 11 is 0. The highest BCUT2D eigenvalue weighted by Crippen LogP contribution is 2.37. The number of nitrogens with zero attached hydrogens (tertiary/aromatic N) is 2. The summed E-state index contributed by atoms with van der Waals surface area (Å²) in [5, 5.41) is 27.1. The van der Waals surface area contributed by atoms with Gasteiger partial charge < -0.3 is 25.1 Å².